The summed E-state index contributed by atoms with van der Waals surface area (Å²) in [5, 5.41) is 15.3. The van der Waals surface area contributed by atoms with E-state index >= 15 is 0 Å². The first-order valence-corrected chi connectivity index (χ1v) is 10.4. The summed E-state index contributed by atoms with van der Waals surface area (Å²) >= 11 is 0. The van der Waals surface area contributed by atoms with E-state index in [2.05, 4.69) is 21.7 Å². The van der Waals surface area contributed by atoms with E-state index < -0.39 is 6.09 Å². The first-order chi connectivity index (χ1) is 15.5. The number of fused-ring (bicyclic) bond motifs is 2. The number of hydrogen-bond acceptors (Lipinski definition) is 8. The van der Waals surface area contributed by atoms with Crippen LogP contribution in [0, 0.1) is 17.2 Å². The maximum atomic E-state index is 12.4. The summed E-state index contributed by atoms with van der Waals surface area (Å²) in [6, 6.07) is 11.1. The molecule has 164 valence electrons. The predicted molar refractivity (Wildman–Crippen MR) is 114 cm³/mol. The van der Waals surface area contributed by atoms with Gasteiger partial charge in [-0.15, -0.1) is 0 Å². The third kappa shape index (κ3) is 3.62. The Bertz CT molecular complexity index is 1130. The van der Waals surface area contributed by atoms with E-state index in [1.165, 1.54) is 4.90 Å². The Hall–Kier alpha value is -3.68. The number of carbonyl (C=O) groups is 2. The largest absolute Gasteiger partial charge is 0.480 e. The number of carbonyl (C=O) groups excluding carboxylic acids is 2. The van der Waals surface area contributed by atoms with Crippen molar-refractivity contribution in [1.29, 1.82) is 5.26 Å². The fraction of sp³-hybridized carbons (Fsp3) is 0.364. The molecule has 1 aromatic heterocycles. The fourth-order valence-electron chi connectivity index (χ4n) is 4.44. The van der Waals surface area contributed by atoms with Crippen LogP contribution in [0.25, 0.3) is 0 Å². The van der Waals surface area contributed by atoms with Gasteiger partial charge in [-0.1, -0.05) is 12.1 Å². The van der Waals surface area contributed by atoms with Crippen molar-refractivity contribution in [1.82, 2.24) is 10.3 Å². The molecule has 2 aromatic rings. The van der Waals surface area contributed by atoms with Crippen LogP contribution in [0.2, 0.25) is 0 Å². The zero-order valence-electron chi connectivity index (χ0n) is 17.2. The van der Waals surface area contributed by atoms with Gasteiger partial charge in [0.15, 0.2) is 18.2 Å². The van der Waals surface area contributed by atoms with Gasteiger partial charge < -0.3 is 25.8 Å². The highest BCUT2D eigenvalue weighted by Gasteiger charge is 2.35. The molecule has 0 spiro atoms. The Morgan fingerprint density at radius 1 is 1.28 bits per heavy atom. The first kappa shape index (κ1) is 20.2. The maximum Gasteiger partial charge on any atom is 0.416 e. The molecule has 3 atom stereocenters. The monoisotopic (exact) mass is 434 g/mol. The fourth-order valence-corrected chi connectivity index (χ4v) is 4.44. The molecule has 1 aromatic carbocycles. The average Bonchev–Trinajstić information content (AvgIpc) is 3.32. The number of pyridine rings is 1. The average molecular weight is 434 g/mol. The molecule has 5 rings (SSSR count). The van der Waals surface area contributed by atoms with Gasteiger partial charge in [-0.2, -0.15) is 5.26 Å². The number of anilines is 2. The number of aromatic nitrogens is 1. The molecule has 0 saturated carbocycles. The van der Waals surface area contributed by atoms with Gasteiger partial charge in [-0.25, -0.2) is 9.78 Å². The van der Waals surface area contributed by atoms with Crippen LogP contribution in [0.4, 0.5) is 16.4 Å². The number of benzene rings is 1. The van der Waals surface area contributed by atoms with E-state index in [-0.39, 0.29) is 30.6 Å². The minimum absolute atomic E-state index is 0.0545. The molecule has 4 N–H and O–H groups in total. The van der Waals surface area contributed by atoms with E-state index in [1.54, 1.807) is 12.1 Å². The molecule has 3 heterocycles. The summed E-state index contributed by atoms with van der Waals surface area (Å²) < 4.78 is 10.8. The van der Waals surface area contributed by atoms with Crippen LogP contribution in [-0.4, -0.2) is 49.3 Å². The van der Waals surface area contributed by atoms with E-state index in [4.69, 9.17) is 15.2 Å². The van der Waals surface area contributed by atoms with Gasteiger partial charge in [0.05, 0.1) is 18.2 Å². The third-order valence-electron chi connectivity index (χ3n) is 6.06. The standard InChI is InChI=1S/C22H22N6O4/c23-7-12-2-1-3-15-16(12)6-13(20(15)24)8-25-9-14-10-28(22(30)32-14)18-5-4-17-21(26-18)27-19(29)11-31-17/h1-5,13-14,20,25H,6,8-11,24H2,(H,26,27,29). The number of nitrogens with two attached hydrogens (primary N) is 1. The lowest BCUT2D eigenvalue weighted by Crippen LogP contribution is -2.36. The van der Waals surface area contributed by atoms with Crippen LogP contribution < -0.4 is 26.0 Å². The molecular formula is C22H22N6O4. The zero-order valence-corrected chi connectivity index (χ0v) is 17.2. The summed E-state index contributed by atoms with van der Waals surface area (Å²) in [5.74, 6) is 1.02. The molecule has 2 aliphatic heterocycles. The molecule has 3 unspecified atom stereocenters. The second kappa shape index (κ2) is 8.11. The molecule has 1 saturated heterocycles. The molecule has 32 heavy (non-hydrogen) atoms. The second-order valence-corrected chi connectivity index (χ2v) is 8.10. The van der Waals surface area contributed by atoms with Gasteiger partial charge in [0.2, 0.25) is 0 Å². The van der Waals surface area contributed by atoms with Crippen LogP contribution >= 0.6 is 0 Å². The summed E-state index contributed by atoms with van der Waals surface area (Å²) in [6.45, 7) is 1.40. The number of amides is 2. The van der Waals surface area contributed by atoms with Gasteiger partial charge in [-0.05, 0) is 41.7 Å². The molecule has 2 amide bonds. The van der Waals surface area contributed by atoms with Crippen molar-refractivity contribution in [2.24, 2.45) is 11.7 Å². The van der Waals surface area contributed by atoms with Crippen molar-refractivity contribution in [2.75, 3.05) is 36.5 Å². The molecule has 10 nitrogen and oxygen atoms in total. The summed E-state index contributed by atoms with van der Waals surface area (Å²) in [6.07, 6.45) is -0.0896. The zero-order chi connectivity index (χ0) is 22.2. The lowest BCUT2D eigenvalue weighted by molar-refractivity contribution is -0.118. The van der Waals surface area contributed by atoms with Crippen molar-refractivity contribution in [2.45, 2.75) is 18.6 Å². The van der Waals surface area contributed by atoms with Crippen LogP contribution in [0.3, 0.4) is 0 Å². The number of nitrogens with zero attached hydrogens (tertiary/aromatic N) is 3. The first-order valence-electron chi connectivity index (χ1n) is 10.4. The smallest absolute Gasteiger partial charge is 0.416 e. The predicted octanol–water partition coefficient (Wildman–Crippen LogP) is 1.07. The van der Waals surface area contributed by atoms with E-state index in [0.717, 1.165) is 17.5 Å². The Morgan fingerprint density at radius 3 is 3.00 bits per heavy atom. The lowest BCUT2D eigenvalue weighted by atomic mass is 10.0. The molecule has 0 bridgehead atoms. The van der Waals surface area contributed by atoms with Crippen molar-refractivity contribution >= 4 is 23.6 Å². The summed E-state index contributed by atoms with van der Waals surface area (Å²) in [7, 11) is 0. The molecule has 3 aliphatic rings. The molecular weight excluding hydrogens is 412 g/mol. The Morgan fingerprint density at radius 2 is 2.16 bits per heavy atom. The van der Waals surface area contributed by atoms with Crippen LogP contribution in [0.15, 0.2) is 30.3 Å². The number of cyclic esters (lactones) is 1. The topological polar surface area (TPSA) is 143 Å². The highest BCUT2D eigenvalue weighted by molar-refractivity contribution is 5.95. The van der Waals surface area contributed by atoms with Crippen molar-refractivity contribution in [3.8, 4) is 11.8 Å². The number of rotatable bonds is 5. The van der Waals surface area contributed by atoms with Crippen molar-refractivity contribution in [3.63, 3.8) is 0 Å². The highest BCUT2D eigenvalue weighted by Crippen LogP contribution is 2.36. The van der Waals surface area contributed by atoms with Gasteiger partial charge in [-0.3, -0.25) is 9.69 Å². The third-order valence-corrected chi connectivity index (χ3v) is 6.06. The summed E-state index contributed by atoms with van der Waals surface area (Å²) in [5.41, 5.74) is 9.14. The maximum absolute atomic E-state index is 12.4. The van der Waals surface area contributed by atoms with Gasteiger partial charge in [0, 0.05) is 19.1 Å². The van der Waals surface area contributed by atoms with Crippen LogP contribution in [-0.2, 0) is 16.0 Å². The van der Waals surface area contributed by atoms with Crippen LogP contribution in [0.1, 0.15) is 22.7 Å². The Labute approximate surface area is 184 Å². The second-order valence-electron chi connectivity index (χ2n) is 8.10. The SMILES string of the molecule is N#Cc1cccc2c1CC(CNCC1CN(c3ccc4c(n3)NC(=O)CO4)C(=O)O1)C2N. The van der Waals surface area contributed by atoms with E-state index in [9.17, 15) is 14.9 Å². The molecule has 10 heteroatoms. The normalized spacial score (nSPS) is 23.6. The lowest BCUT2D eigenvalue weighted by Gasteiger charge is -2.19. The van der Waals surface area contributed by atoms with Gasteiger partial charge in [0.25, 0.3) is 5.91 Å². The van der Waals surface area contributed by atoms with Gasteiger partial charge in [0.1, 0.15) is 11.9 Å². The van der Waals surface area contributed by atoms with E-state index in [1.807, 2.05) is 18.2 Å². The van der Waals surface area contributed by atoms with Crippen LogP contribution in [0.5, 0.6) is 5.75 Å². The molecule has 1 fully saturated rings. The molecule has 0 radical (unpaired) electrons. The minimum Gasteiger partial charge on any atom is -0.480 e. The van der Waals surface area contributed by atoms with E-state index in [0.29, 0.717) is 42.6 Å². The number of nitriles is 1. The minimum atomic E-state index is -0.490. The Kier molecular flexibility index (Phi) is 5.13. The Balaban J connectivity index is 1.17. The van der Waals surface area contributed by atoms with Crippen molar-refractivity contribution < 1.29 is 19.1 Å². The number of ether oxygens (including phenoxy) is 2. The highest BCUT2D eigenvalue weighted by atomic mass is 16.6. The number of nitrogens with one attached hydrogen (secondary N) is 2. The number of hydrogen-bond donors (Lipinski definition) is 3. The summed E-state index contributed by atoms with van der Waals surface area (Å²) in [4.78, 5) is 29.7. The quantitative estimate of drug-likeness (QED) is 0.634. The van der Waals surface area contributed by atoms with Gasteiger partial charge >= 0.3 is 6.09 Å². The molecule has 1 aliphatic carbocycles. The van der Waals surface area contributed by atoms with Crippen molar-refractivity contribution in [3.05, 3.63) is 47.0 Å².